The van der Waals surface area contributed by atoms with Crippen molar-refractivity contribution in [2.45, 2.75) is 13.1 Å². The van der Waals surface area contributed by atoms with E-state index in [9.17, 15) is 5.26 Å². The zero-order valence-electron chi connectivity index (χ0n) is 14.3. The molecule has 1 heterocycles. The maximum absolute atomic E-state index is 9.31. The van der Waals surface area contributed by atoms with Gasteiger partial charge < -0.3 is 9.80 Å². The summed E-state index contributed by atoms with van der Waals surface area (Å²) in [6, 6.07) is 27.0. The first-order valence-electron chi connectivity index (χ1n) is 8.41. The summed E-state index contributed by atoms with van der Waals surface area (Å²) in [4.78, 5) is 4.57. The fourth-order valence-electron chi connectivity index (χ4n) is 3.54. The maximum Gasteiger partial charge on any atom is 0.103 e. The van der Waals surface area contributed by atoms with Gasteiger partial charge in [-0.1, -0.05) is 48.5 Å². The molecule has 1 aliphatic heterocycles. The summed E-state index contributed by atoms with van der Waals surface area (Å²) in [6.07, 6.45) is 0.175. The number of hydrogen-bond donors (Lipinski definition) is 0. The van der Waals surface area contributed by atoms with Crippen molar-refractivity contribution >= 4 is 17.1 Å². The van der Waals surface area contributed by atoms with E-state index in [0.29, 0.717) is 5.56 Å². The van der Waals surface area contributed by atoms with Crippen molar-refractivity contribution in [3.05, 3.63) is 78.4 Å². The normalized spacial score (nSPS) is 15.8. The number of benzene rings is 3. The van der Waals surface area contributed by atoms with Gasteiger partial charge in [0.05, 0.1) is 28.7 Å². The van der Waals surface area contributed by atoms with Gasteiger partial charge in [-0.3, -0.25) is 0 Å². The van der Waals surface area contributed by atoms with Crippen molar-refractivity contribution in [2.24, 2.45) is 0 Å². The lowest BCUT2D eigenvalue weighted by molar-refractivity contribution is 0.734. The average Bonchev–Trinajstić information content (AvgIpc) is 2.92. The number of nitrogens with zero attached hydrogens (tertiary/aromatic N) is 3. The molecule has 3 aromatic rings. The van der Waals surface area contributed by atoms with E-state index in [0.717, 1.165) is 17.1 Å². The predicted octanol–water partition coefficient (Wildman–Crippen LogP) is 5.16. The quantitative estimate of drug-likeness (QED) is 0.652. The Kier molecular flexibility index (Phi) is 3.66. The average molecular weight is 325 g/mol. The highest BCUT2D eigenvalue weighted by Gasteiger charge is 2.32. The Bertz CT molecular complexity index is 957. The molecule has 0 unspecified atom stereocenters. The van der Waals surface area contributed by atoms with E-state index in [1.807, 2.05) is 24.3 Å². The highest BCUT2D eigenvalue weighted by atomic mass is 15.4. The van der Waals surface area contributed by atoms with Crippen LogP contribution in [0, 0.1) is 11.3 Å². The molecule has 0 aliphatic carbocycles. The van der Waals surface area contributed by atoms with Crippen LogP contribution >= 0.6 is 0 Å². The zero-order chi connectivity index (χ0) is 17.4. The molecule has 0 fully saturated rings. The molecule has 0 saturated carbocycles. The van der Waals surface area contributed by atoms with Crippen molar-refractivity contribution in [3.63, 3.8) is 0 Å². The van der Waals surface area contributed by atoms with Crippen LogP contribution in [0.4, 0.5) is 17.1 Å². The highest BCUT2D eigenvalue weighted by Crippen LogP contribution is 2.46. The molecule has 3 aromatic carbocycles. The molecule has 0 bridgehead atoms. The lowest BCUT2D eigenvalue weighted by Gasteiger charge is -2.29. The van der Waals surface area contributed by atoms with Crippen LogP contribution in [0.2, 0.25) is 0 Å². The molecular weight excluding hydrogens is 306 g/mol. The van der Waals surface area contributed by atoms with Gasteiger partial charge in [-0.25, -0.2) is 0 Å². The molecule has 0 saturated heterocycles. The number of nitriles is 1. The van der Waals surface area contributed by atoms with Gasteiger partial charge in [-0.2, -0.15) is 5.26 Å². The van der Waals surface area contributed by atoms with Crippen molar-refractivity contribution in [1.82, 2.24) is 0 Å². The third-order valence-electron chi connectivity index (χ3n) is 4.93. The van der Waals surface area contributed by atoms with Gasteiger partial charge in [0.2, 0.25) is 0 Å². The molecule has 122 valence electrons. The van der Waals surface area contributed by atoms with Gasteiger partial charge in [0.15, 0.2) is 0 Å². The summed E-state index contributed by atoms with van der Waals surface area (Å²) in [5.41, 5.74) is 6.45. The largest absolute Gasteiger partial charge is 0.353 e. The topological polar surface area (TPSA) is 30.3 Å². The third-order valence-corrected chi connectivity index (χ3v) is 4.93. The minimum Gasteiger partial charge on any atom is -0.353 e. The first-order valence-corrected chi connectivity index (χ1v) is 8.41. The van der Waals surface area contributed by atoms with Gasteiger partial charge in [-0.05, 0) is 36.8 Å². The first-order chi connectivity index (χ1) is 12.2. The van der Waals surface area contributed by atoms with Gasteiger partial charge in [0, 0.05) is 12.6 Å². The van der Waals surface area contributed by atoms with E-state index < -0.39 is 0 Å². The van der Waals surface area contributed by atoms with Gasteiger partial charge >= 0.3 is 0 Å². The number of anilines is 3. The Morgan fingerprint density at radius 3 is 2.32 bits per heavy atom. The monoisotopic (exact) mass is 325 g/mol. The van der Waals surface area contributed by atoms with Crippen LogP contribution in [0.1, 0.15) is 12.5 Å². The number of hydrogen-bond acceptors (Lipinski definition) is 3. The summed E-state index contributed by atoms with van der Waals surface area (Å²) in [5, 5.41) is 9.31. The Morgan fingerprint density at radius 1 is 0.840 bits per heavy atom. The lowest BCUT2D eigenvalue weighted by Crippen LogP contribution is -2.35. The van der Waals surface area contributed by atoms with Gasteiger partial charge in [0.1, 0.15) is 6.17 Å². The molecule has 25 heavy (non-hydrogen) atoms. The van der Waals surface area contributed by atoms with Crippen LogP contribution in [-0.2, 0) is 0 Å². The van der Waals surface area contributed by atoms with Crippen molar-refractivity contribution in [3.8, 4) is 17.2 Å². The van der Waals surface area contributed by atoms with Crippen LogP contribution in [0.3, 0.4) is 0 Å². The Labute approximate surface area is 148 Å². The van der Waals surface area contributed by atoms with Crippen LogP contribution in [0.15, 0.2) is 72.8 Å². The second kappa shape index (κ2) is 5.99. The van der Waals surface area contributed by atoms with Crippen LogP contribution in [-0.4, -0.2) is 13.2 Å². The van der Waals surface area contributed by atoms with E-state index >= 15 is 0 Å². The van der Waals surface area contributed by atoms with E-state index in [-0.39, 0.29) is 6.17 Å². The van der Waals surface area contributed by atoms with Gasteiger partial charge in [-0.15, -0.1) is 0 Å². The second-order valence-corrected chi connectivity index (χ2v) is 6.31. The number of fused-ring (bicyclic) bond motifs is 1. The molecule has 3 nitrogen and oxygen atoms in total. The van der Waals surface area contributed by atoms with E-state index in [1.165, 1.54) is 11.1 Å². The summed E-state index contributed by atoms with van der Waals surface area (Å²) in [7, 11) is 2.10. The third kappa shape index (κ3) is 2.43. The van der Waals surface area contributed by atoms with Gasteiger partial charge in [0.25, 0.3) is 0 Å². The number of rotatable bonds is 2. The van der Waals surface area contributed by atoms with E-state index in [2.05, 4.69) is 78.4 Å². The molecule has 4 rings (SSSR count). The Morgan fingerprint density at radius 2 is 1.56 bits per heavy atom. The molecule has 0 N–H and O–H groups in total. The fourth-order valence-corrected chi connectivity index (χ4v) is 3.54. The molecule has 0 spiro atoms. The van der Waals surface area contributed by atoms with Crippen molar-refractivity contribution in [2.75, 3.05) is 16.8 Å². The second-order valence-electron chi connectivity index (χ2n) is 6.31. The number of para-hydroxylation sites is 1. The molecule has 1 atom stereocenters. The minimum atomic E-state index is 0.175. The van der Waals surface area contributed by atoms with Crippen LogP contribution in [0.5, 0.6) is 0 Å². The predicted molar refractivity (Wildman–Crippen MR) is 103 cm³/mol. The first kappa shape index (κ1) is 15.3. The molecule has 1 aliphatic rings. The Balaban J connectivity index is 1.91. The standard InChI is InChI=1S/C22H19N3/c1-16-24(2)21-13-12-17(15-23)14-22(21)25(16)20-11-7-6-10-19(20)18-8-4-3-5-9-18/h3-14,16H,1-2H3/t16-/m0/s1. The fraction of sp³-hybridized carbons (Fsp3) is 0.136. The van der Waals surface area contributed by atoms with E-state index in [4.69, 9.17) is 0 Å². The summed E-state index contributed by atoms with van der Waals surface area (Å²) < 4.78 is 0. The van der Waals surface area contributed by atoms with Crippen LogP contribution < -0.4 is 9.80 Å². The van der Waals surface area contributed by atoms with Crippen LogP contribution in [0.25, 0.3) is 11.1 Å². The highest BCUT2D eigenvalue weighted by molar-refractivity contribution is 5.90. The van der Waals surface area contributed by atoms with E-state index in [1.54, 1.807) is 0 Å². The SMILES string of the molecule is C[C@H]1N(C)c2ccc(C#N)cc2N1c1ccccc1-c1ccccc1. The Hall–Kier alpha value is -3.25. The molecule has 0 amide bonds. The summed E-state index contributed by atoms with van der Waals surface area (Å²) >= 11 is 0. The summed E-state index contributed by atoms with van der Waals surface area (Å²) in [5.74, 6) is 0. The smallest absolute Gasteiger partial charge is 0.103 e. The molecule has 0 aromatic heterocycles. The zero-order valence-corrected chi connectivity index (χ0v) is 14.3. The molecule has 3 heteroatoms. The van der Waals surface area contributed by atoms with Crippen molar-refractivity contribution < 1.29 is 0 Å². The van der Waals surface area contributed by atoms with Crippen molar-refractivity contribution in [1.29, 1.82) is 5.26 Å². The molecular formula is C22H19N3. The summed E-state index contributed by atoms with van der Waals surface area (Å²) in [6.45, 7) is 2.19. The lowest BCUT2D eigenvalue weighted by atomic mass is 10.0. The minimum absolute atomic E-state index is 0.175. The molecule has 0 radical (unpaired) electrons. The maximum atomic E-state index is 9.31.